The lowest BCUT2D eigenvalue weighted by Gasteiger charge is -2.41. The van der Waals surface area contributed by atoms with Crippen LogP contribution in [0, 0.1) is 30.6 Å². The number of sulfonamides is 1. The number of benzene rings is 2. The van der Waals surface area contributed by atoms with Gasteiger partial charge in [0, 0.05) is 12.0 Å². The molecule has 1 N–H and O–H groups in total. The third kappa shape index (κ3) is 5.25. The Morgan fingerprint density at radius 3 is 2.21 bits per heavy atom. The lowest BCUT2D eigenvalue weighted by Crippen LogP contribution is -2.57. The molecule has 0 unspecified atom stereocenters. The lowest BCUT2D eigenvalue weighted by atomic mass is 9.88. The topological polar surface area (TPSA) is 111 Å². The number of aryl methyl sites for hydroxylation is 1. The van der Waals surface area contributed by atoms with Crippen LogP contribution in [0.2, 0.25) is 0 Å². The van der Waals surface area contributed by atoms with Crippen molar-refractivity contribution in [3.8, 4) is 11.8 Å². The third-order valence-corrected chi connectivity index (χ3v) is 8.39. The Bertz CT molecular complexity index is 1380. The summed E-state index contributed by atoms with van der Waals surface area (Å²) in [5.74, 6) is 0.0575. The molecule has 3 rings (SSSR count). The first-order chi connectivity index (χ1) is 17.3. The number of rotatable bonds is 6. The molecule has 0 bridgehead atoms. The summed E-state index contributed by atoms with van der Waals surface area (Å²) in [7, 11) is -4.25. The van der Waals surface area contributed by atoms with Gasteiger partial charge in [-0.2, -0.15) is 18.4 Å². The van der Waals surface area contributed by atoms with E-state index in [2.05, 4.69) is 6.07 Å². The van der Waals surface area contributed by atoms with Crippen LogP contribution in [0.4, 0.5) is 29.3 Å². The SMILES string of the molecule is Cc1ccc(S(=O)(=O)N2C[C@H](CC(C)(C)C#N)Oc3ccc(N(C(=O)O)C(C)(C)C(F)(F)F)c(C)c32)cc1. The molecule has 1 aliphatic rings. The molecular formula is C26H30F3N3O5S. The molecule has 0 saturated carbocycles. The summed E-state index contributed by atoms with van der Waals surface area (Å²) in [6.45, 7) is 7.76. The van der Waals surface area contributed by atoms with Crippen LogP contribution < -0.4 is 13.9 Å². The highest BCUT2D eigenvalue weighted by molar-refractivity contribution is 7.92. The van der Waals surface area contributed by atoms with E-state index in [-0.39, 0.29) is 45.4 Å². The van der Waals surface area contributed by atoms with Crippen LogP contribution in [-0.4, -0.2) is 44.0 Å². The summed E-state index contributed by atoms with van der Waals surface area (Å²) in [4.78, 5) is 12.3. The quantitative estimate of drug-likeness (QED) is 0.468. The fourth-order valence-electron chi connectivity index (χ4n) is 4.35. The van der Waals surface area contributed by atoms with Gasteiger partial charge in [0.25, 0.3) is 10.0 Å². The van der Waals surface area contributed by atoms with Crippen molar-refractivity contribution >= 4 is 27.5 Å². The number of amides is 1. The van der Waals surface area contributed by atoms with Crippen molar-refractivity contribution in [1.82, 2.24) is 0 Å². The minimum absolute atomic E-state index is 0.0177. The van der Waals surface area contributed by atoms with E-state index in [1.54, 1.807) is 32.9 Å². The van der Waals surface area contributed by atoms with Gasteiger partial charge in [-0.25, -0.2) is 13.2 Å². The summed E-state index contributed by atoms with van der Waals surface area (Å²) in [5, 5.41) is 19.3. The van der Waals surface area contributed by atoms with E-state index in [0.29, 0.717) is 0 Å². The smallest absolute Gasteiger partial charge is 0.412 e. The molecular weight excluding hydrogens is 523 g/mol. The van der Waals surface area contributed by atoms with Crippen LogP contribution >= 0.6 is 0 Å². The highest BCUT2D eigenvalue weighted by Crippen LogP contribution is 2.47. The number of hydrogen-bond acceptors (Lipinski definition) is 5. The van der Waals surface area contributed by atoms with Crippen molar-refractivity contribution in [2.75, 3.05) is 15.7 Å². The number of carboxylic acid groups (broad SMARTS) is 1. The number of alkyl halides is 3. The average Bonchev–Trinajstić information content (AvgIpc) is 2.79. The molecule has 12 heteroatoms. The molecule has 1 heterocycles. The molecule has 1 amide bonds. The van der Waals surface area contributed by atoms with E-state index in [9.17, 15) is 36.8 Å². The van der Waals surface area contributed by atoms with Crippen molar-refractivity contribution in [3.05, 3.63) is 47.5 Å². The van der Waals surface area contributed by atoms with E-state index in [1.165, 1.54) is 31.2 Å². The van der Waals surface area contributed by atoms with E-state index in [0.717, 1.165) is 23.7 Å². The third-order valence-electron chi connectivity index (χ3n) is 6.61. The van der Waals surface area contributed by atoms with Crippen LogP contribution in [0.3, 0.4) is 0 Å². The number of fused-ring (bicyclic) bond motifs is 1. The van der Waals surface area contributed by atoms with Gasteiger partial charge < -0.3 is 9.84 Å². The molecule has 8 nitrogen and oxygen atoms in total. The zero-order chi connectivity index (χ0) is 28.8. The van der Waals surface area contributed by atoms with Gasteiger partial charge in [0.15, 0.2) is 0 Å². The predicted molar refractivity (Wildman–Crippen MR) is 136 cm³/mol. The first kappa shape index (κ1) is 29.1. The number of halogens is 3. The molecule has 1 aliphatic heterocycles. The standard InChI is InChI=1S/C26H30F3N3O5S/c1-16-7-9-19(10-8-16)38(35,36)31-14-18(13-24(3,4)15-30)37-21-12-11-20(17(2)22(21)31)32(23(33)34)25(5,6)26(27,28)29/h7-12,18H,13-14H2,1-6H3,(H,33,34)/t18-/m0/s1. The number of carbonyl (C=O) groups is 1. The summed E-state index contributed by atoms with van der Waals surface area (Å²) in [6, 6.07) is 10.7. The highest BCUT2D eigenvalue weighted by Gasteiger charge is 2.54. The van der Waals surface area contributed by atoms with Crippen LogP contribution in [-0.2, 0) is 10.0 Å². The van der Waals surface area contributed by atoms with Crippen molar-refractivity contribution in [1.29, 1.82) is 5.26 Å². The summed E-state index contributed by atoms with van der Waals surface area (Å²) in [5.41, 5.74) is -3.26. The number of nitriles is 1. The number of hydrogen-bond donors (Lipinski definition) is 1. The maximum Gasteiger partial charge on any atom is 0.412 e. The van der Waals surface area contributed by atoms with Gasteiger partial charge in [0.2, 0.25) is 0 Å². The molecule has 206 valence electrons. The van der Waals surface area contributed by atoms with Gasteiger partial charge in [-0.15, -0.1) is 0 Å². The van der Waals surface area contributed by atoms with Crippen molar-refractivity contribution in [3.63, 3.8) is 0 Å². The first-order valence-electron chi connectivity index (χ1n) is 11.7. The maximum absolute atomic E-state index is 13.9. The van der Waals surface area contributed by atoms with Crippen LogP contribution in [0.15, 0.2) is 41.3 Å². The lowest BCUT2D eigenvalue weighted by molar-refractivity contribution is -0.175. The molecule has 0 radical (unpaired) electrons. The zero-order valence-electron chi connectivity index (χ0n) is 21.9. The molecule has 0 saturated heterocycles. The Morgan fingerprint density at radius 1 is 1.13 bits per heavy atom. The van der Waals surface area contributed by atoms with Gasteiger partial charge in [-0.05, 0) is 65.8 Å². The van der Waals surface area contributed by atoms with Crippen LogP contribution in [0.5, 0.6) is 5.75 Å². The first-order valence-corrected chi connectivity index (χ1v) is 13.2. The molecule has 0 aromatic heterocycles. The highest BCUT2D eigenvalue weighted by atomic mass is 32.2. The largest absolute Gasteiger partial charge is 0.486 e. The predicted octanol–water partition coefficient (Wildman–Crippen LogP) is 6.02. The van der Waals surface area contributed by atoms with Crippen LogP contribution in [0.25, 0.3) is 0 Å². The number of nitrogens with zero attached hydrogens (tertiary/aromatic N) is 3. The Hall–Kier alpha value is -3.46. The summed E-state index contributed by atoms with van der Waals surface area (Å²) >= 11 is 0. The Kier molecular flexibility index (Phi) is 7.42. The molecule has 38 heavy (non-hydrogen) atoms. The second-order valence-corrected chi connectivity index (χ2v) is 12.4. The van der Waals surface area contributed by atoms with Gasteiger partial charge in [0.05, 0.1) is 34.3 Å². The second-order valence-electron chi connectivity index (χ2n) is 10.5. The van der Waals surface area contributed by atoms with Crippen LogP contribution in [0.1, 0.15) is 45.2 Å². The molecule has 2 aromatic rings. The minimum Gasteiger partial charge on any atom is -0.486 e. The van der Waals surface area contributed by atoms with Crippen molar-refractivity contribution in [2.45, 2.75) is 70.7 Å². The number of ether oxygens (including phenoxy) is 1. The van der Waals surface area contributed by atoms with Gasteiger partial charge in [-0.3, -0.25) is 9.21 Å². The van der Waals surface area contributed by atoms with E-state index in [1.807, 2.05) is 0 Å². The molecule has 0 fully saturated rings. The van der Waals surface area contributed by atoms with E-state index in [4.69, 9.17) is 4.74 Å². The Labute approximate surface area is 220 Å². The monoisotopic (exact) mass is 553 g/mol. The Morgan fingerprint density at radius 2 is 1.71 bits per heavy atom. The van der Waals surface area contributed by atoms with E-state index >= 15 is 0 Å². The second kappa shape index (κ2) is 9.69. The van der Waals surface area contributed by atoms with Crippen molar-refractivity contribution in [2.24, 2.45) is 5.41 Å². The van der Waals surface area contributed by atoms with Gasteiger partial charge in [0.1, 0.15) is 17.4 Å². The average molecular weight is 554 g/mol. The van der Waals surface area contributed by atoms with Crippen molar-refractivity contribution < 1.29 is 36.2 Å². The summed E-state index contributed by atoms with van der Waals surface area (Å²) < 4.78 is 76.5. The number of anilines is 2. The maximum atomic E-state index is 13.9. The molecule has 0 spiro atoms. The normalized spacial score (nSPS) is 16.3. The molecule has 0 aliphatic carbocycles. The molecule has 1 atom stereocenters. The fraction of sp³-hybridized carbons (Fsp3) is 0.462. The van der Waals surface area contributed by atoms with Gasteiger partial charge in [-0.1, -0.05) is 17.7 Å². The van der Waals surface area contributed by atoms with Gasteiger partial charge >= 0.3 is 12.3 Å². The summed E-state index contributed by atoms with van der Waals surface area (Å²) in [6.07, 6.45) is -7.35. The zero-order valence-corrected chi connectivity index (χ0v) is 22.7. The molecule has 2 aromatic carbocycles. The fourth-order valence-corrected chi connectivity index (χ4v) is 5.92. The van der Waals surface area contributed by atoms with E-state index < -0.39 is 39.4 Å². The minimum atomic E-state index is -4.92. The Balaban J connectivity index is 2.26.